The maximum atomic E-state index is 13.4. The van der Waals surface area contributed by atoms with Gasteiger partial charge in [0.2, 0.25) is 5.91 Å². The van der Waals surface area contributed by atoms with Crippen LogP contribution >= 0.6 is 0 Å². The molecule has 1 aliphatic heterocycles. The summed E-state index contributed by atoms with van der Waals surface area (Å²) in [6.07, 6.45) is 0. The standard InChI is InChI=1S/C19H21FN2O/c1-14-6-3-4-7-16(14)13-21-10-11-22(19(23)15(21)2)18-9-5-8-17(20)12-18/h3-9,12,15H,10-11,13H2,1-2H3. The normalized spacial score (nSPS) is 19.2. The monoisotopic (exact) mass is 312 g/mol. The van der Waals surface area contributed by atoms with E-state index in [0.717, 1.165) is 13.1 Å². The van der Waals surface area contributed by atoms with Crippen molar-refractivity contribution in [2.45, 2.75) is 26.4 Å². The van der Waals surface area contributed by atoms with Crippen molar-refractivity contribution in [3.8, 4) is 0 Å². The Morgan fingerprint density at radius 1 is 1.13 bits per heavy atom. The van der Waals surface area contributed by atoms with E-state index in [2.05, 4.69) is 24.0 Å². The topological polar surface area (TPSA) is 23.6 Å². The summed E-state index contributed by atoms with van der Waals surface area (Å²) < 4.78 is 13.4. The number of rotatable bonds is 3. The van der Waals surface area contributed by atoms with Crippen molar-refractivity contribution in [2.24, 2.45) is 0 Å². The molecule has 0 aromatic heterocycles. The van der Waals surface area contributed by atoms with Crippen molar-refractivity contribution in [1.82, 2.24) is 4.90 Å². The SMILES string of the molecule is Cc1ccccc1CN1CCN(c2cccc(F)c2)C(=O)C1C. The van der Waals surface area contributed by atoms with E-state index in [-0.39, 0.29) is 17.8 Å². The second-order valence-electron chi connectivity index (χ2n) is 6.04. The van der Waals surface area contributed by atoms with Gasteiger partial charge in [0.15, 0.2) is 0 Å². The Kier molecular flexibility index (Phi) is 4.44. The number of piperazine rings is 1. The zero-order valence-electron chi connectivity index (χ0n) is 13.5. The Bertz CT molecular complexity index is 716. The summed E-state index contributed by atoms with van der Waals surface area (Å²) in [6, 6.07) is 14.3. The Labute approximate surface area is 136 Å². The lowest BCUT2D eigenvalue weighted by molar-refractivity contribution is -0.125. The highest BCUT2D eigenvalue weighted by atomic mass is 19.1. The number of anilines is 1. The van der Waals surface area contributed by atoms with Crippen LogP contribution in [0.25, 0.3) is 0 Å². The molecular weight excluding hydrogens is 291 g/mol. The number of halogens is 1. The quantitative estimate of drug-likeness (QED) is 0.867. The maximum absolute atomic E-state index is 13.4. The number of benzene rings is 2. The van der Waals surface area contributed by atoms with Crippen LogP contribution in [0.4, 0.5) is 10.1 Å². The number of amides is 1. The van der Waals surface area contributed by atoms with E-state index in [1.807, 2.05) is 19.1 Å². The second kappa shape index (κ2) is 6.50. The first-order chi connectivity index (χ1) is 11.1. The maximum Gasteiger partial charge on any atom is 0.244 e. The van der Waals surface area contributed by atoms with Crippen LogP contribution in [0.15, 0.2) is 48.5 Å². The van der Waals surface area contributed by atoms with Crippen LogP contribution in [0.2, 0.25) is 0 Å². The molecule has 1 amide bonds. The first-order valence-corrected chi connectivity index (χ1v) is 7.92. The fourth-order valence-corrected chi connectivity index (χ4v) is 3.04. The van der Waals surface area contributed by atoms with Gasteiger partial charge in [-0.1, -0.05) is 30.3 Å². The Hall–Kier alpha value is -2.20. The number of hydrogen-bond donors (Lipinski definition) is 0. The first kappa shape index (κ1) is 15.7. The molecule has 1 aliphatic rings. The Morgan fingerprint density at radius 2 is 1.91 bits per heavy atom. The van der Waals surface area contributed by atoms with E-state index in [0.29, 0.717) is 12.2 Å². The zero-order chi connectivity index (χ0) is 16.4. The number of hydrogen-bond acceptors (Lipinski definition) is 2. The highest BCUT2D eigenvalue weighted by Gasteiger charge is 2.32. The van der Waals surface area contributed by atoms with Crippen molar-refractivity contribution in [1.29, 1.82) is 0 Å². The highest BCUT2D eigenvalue weighted by molar-refractivity contribution is 5.97. The third-order valence-corrected chi connectivity index (χ3v) is 4.54. The van der Waals surface area contributed by atoms with Crippen molar-refractivity contribution >= 4 is 11.6 Å². The molecule has 1 heterocycles. The molecule has 0 radical (unpaired) electrons. The van der Waals surface area contributed by atoms with E-state index in [1.165, 1.54) is 23.3 Å². The van der Waals surface area contributed by atoms with Crippen molar-refractivity contribution < 1.29 is 9.18 Å². The van der Waals surface area contributed by atoms with Gasteiger partial charge in [0.25, 0.3) is 0 Å². The third-order valence-electron chi connectivity index (χ3n) is 4.54. The fraction of sp³-hybridized carbons (Fsp3) is 0.316. The molecule has 0 spiro atoms. The number of carbonyl (C=O) groups is 1. The molecule has 1 atom stereocenters. The van der Waals surface area contributed by atoms with Gasteiger partial charge in [-0.25, -0.2) is 4.39 Å². The van der Waals surface area contributed by atoms with Gasteiger partial charge >= 0.3 is 0 Å². The molecular formula is C19H21FN2O. The van der Waals surface area contributed by atoms with Crippen molar-refractivity contribution in [2.75, 3.05) is 18.0 Å². The van der Waals surface area contributed by atoms with E-state index >= 15 is 0 Å². The van der Waals surface area contributed by atoms with E-state index < -0.39 is 0 Å². The van der Waals surface area contributed by atoms with Gasteiger partial charge in [0.1, 0.15) is 5.82 Å². The minimum atomic E-state index is -0.315. The van der Waals surface area contributed by atoms with Crippen LogP contribution in [0.3, 0.4) is 0 Å². The van der Waals surface area contributed by atoms with E-state index in [1.54, 1.807) is 17.0 Å². The largest absolute Gasteiger partial charge is 0.310 e. The van der Waals surface area contributed by atoms with Gasteiger partial charge in [-0.15, -0.1) is 0 Å². The van der Waals surface area contributed by atoms with Crippen LogP contribution in [0.5, 0.6) is 0 Å². The predicted molar refractivity (Wildman–Crippen MR) is 89.8 cm³/mol. The molecule has 2 aromatic carbocycles. The molecule has 23 heavy (non-hydrogen) atoms. The lowest BCUT2D eigenvalue weighted by Crippen LogP contribution is -2.55. The summed E-state index contributed by atoms with van der Waals surface area (Å²) in [4.78, 5) is 16.5. The summed E-state index contributed by atoms with van der Waals surface area (Å²) in [5.74, 6) is -0.291. The number of nitrogens with zero attached hydrogens (tertiary/aromatic N) is 2. The van der Waals surface area contributed by atoms with Crippen molar-refractivity contribution in [3.05, 3.63) is 65.5 Å². The number of carbonyl (C=O) groups excluding carboxylic acids is 1. The summed E-state index contributed by atoms with van der Waals surface area (Å²) in [5.41, 5.74) is 3.11. The van der Waals surface area contributed by atoms with Gasteiger partial charge in [0, 0.05) is 25.3 Å². The van der Waals surface area contributed by atoms with Gasteiger partial charge in [0.05, 0.1) is 6.04 Å². The molecule has 4 heteroatoms. The lowest BCUT2D eigenvalue weighted by atomic mass is 10.1. The van der Waals surface area contributed by atoms with E-state index in [4.69, 9.17) is 0 Å². The first-order valence-electron chi connectivity index (χ1n) is 7.92. The molecule has 3 rings (SSSR count). The minimum Gasteiger partial charge on any atom is -0.310 e. The molecule has 2 aromatic rings. The summed E-state index contributed by atoms with van der Waals surface area (Å²) in [7, 11) is 0. The summed E-state index contributed by atoms with van der Waals surface area (Å²) in [6.45, 7) is 6.13. The smallest absolute Gasteiger partial charge is 0.244 e. The van der Waals surface area contributed by atoms with Crippen LogP contribution in [0, 0.1) is 12.7 Å². The molecule has 120 valence electrons. The molecule has 0 N–H and O–H groups in total. The zero-order valence-corrected chi connectivity index (χ0v) is 13.5. The molecule has 0 aliphatic carbocycles. The number of aryl methyl sites for hydroxylation is 1. The summed E-state index contributed by atoms with van der Waals surface area (Å²) >= 11 is 0. The fourth-order valence-electron chi connectivity index (χ4n) is 3.04. The second-order valence-corrected chi connectivity index (χ2v) is 6.04. The van der Waals surface area contributed by atoms with Crippen LogP contribution in [-0.2, 0) is 11.3 Å². The molecule has 0 bridgehead atoms. The van der Waals surface area contributed by atoms with Crippen LogP contribution < -0.4 is 4.90 Å². The van der Waals surface area contributed by atoms with Gasteiger partial charge in [-0.2, -0.15) is 0 Å². The summed E-state index contributed by atoms with van der Waals surface area (Å²) in [5, 5.41) is 0. The van der Waals surface area contributed by atoms with Gasteiger partial charge < -0.3 is 4.90 Å². The van der Waals surface area contributed by atoms with Crippen molar-refractivity contribution in [3.63, 3.8) is 0 Å². The highest BCUT2D eigenvalue weighted by Crippen LogP contribution is 2.23. The average Bonchev–Trinajstić information content (AvgIpc) is 2.54. The minimum absolute atomic E-state index is 0.0236. The van der Waals surface area contributed by atoms with Gasteiger partial charge in [-0.05, 0) is 43.2 Å². The third kappa shape index (κ3) is 3.27. The van der Waals surface area contributed by atoms with Gasteiger partial charge in [-0.3, -0.25) is 9.69 Å². The van der Waals surface area contributed by atoms with Crippen LogP contribution in [-0.4, -0.2) is 29.9 Å². The molecule has 0 saturated carbocycles. The average molecular weight is 312 g/mol. The molecule has 1 unspecified atom stereocenters. The lowest BCUT2D eigenvalue weighted by Gasteiger charge is -2.39. The predicted octanol–water partition coefficient (Wildman–Crippen LogP) is 3.37. The molecule has 3 nitrogen and oxygen atoms in total. The van der Waals surface area contributed by atoms with Crippen LogP contribution in [0.1, 0.15) is 18.1 Å². The Morgan fingerprint density at radius 3 is 2.65 bits per heavy atom. The van der Waals surface area contributed by atoms with E-state index in [9.17, 15) is 9.18 Å². The molecule has 1 saturated heterocycles. The Balaban J connectivity index is 1.75. The molecule has 1 fully saturated rings.